The van der Waals surface area contributed by atoms with E-state index >= 15 is 0 Å². The smallest absolute Gasteiger partial charge is 0.253 e. The fraction of sp³-hybridized carbons (Fsp3) is 0.500. The summed E-state index contributed by atoms with van der Waals surface area (Å²) in [5, 5.41) is 0. The van der Waals surface area contributed by atoms with Gasteiger partial charge < -0.3 is 14.5 Å². The van der Waals surface area contributed by atoms with Crippen LogP contribution in [0.3, 0.4) is 0 Å². The number of rotatable bonds is 5. The monoisotopic (exact) mass is 356 g/mol. The summed E-state index contributed by atoms with van der Waals surface area (Å²) in [5.74, 6) is 1.21. The zero-order valence-corrected chi connectivity index (χ0v) is 17.1. The van der Waals surface area contributed by atoms with Crippen LogP contribution >= 0.6 is 0 Å². The quantitative estimate of drug-likeness (QED) is 0.556. The summed E-state index contributed by atoms with van der Waals surface area (Å²) < 4.78 is 5.63. The Labute approximate surface area is 158 Å². The fourth-order valence-corrected chi connectivity index (χ4v) is 3.91. The molecule has 142 valence electrons. The fourth-order valence-electron chi connectivity index (χ4n) is 3.91. The van der Waals surface area contributed by atoms with Crippen molar-refractivity contribution in [1.82, 2.24) is 4.90 Å². The van der Waals surface area contributed by atoms with Gasteiger partial charge >= 0.3 is 0 Å². The lowest BCUT2D eigenvalue weighted by molar-refractivity contribution is -0.116. The summed E-state index contributed by atoms with van der Waals surface area (Å²) in [5.41, 5.74) is 2.95. The zero-order valence-electron chi connectivity index (χ0n) is 17.1. The Morgan fingerprint density at radius 3 is 2.42 bits per heavy atom. The molecule has 1 amide bonds. The van der Waals surface area contributed by atoms with Crippen molar-refractivity contribution in [3.05, 3.63) is 53.4 Å². The number of hydrogen-bond acceptors (Lipinski definition) is 3. The van der Waals surface area contributed by atoms with Gasteiger partial charge in [0.2, 0.25) is 0 Å². The van der Waals surface area contributed by atoms with Crippen LogP contribution in [-0.2, 0) is 9.53 Å². The minimum absolute atomic E-state index is 0.0822. The molecule has 1 aromatic rings. The van der Waals surface area contributed by atoms with Gasteiger partial charge in [0.25, 0.3) is 5.91 Å². The number of benzene rings is 1. The lowest BCUT2D eigenvalue weighted by Gasteiger charge is -2.48. The number of allylic oxidation sites excluding steroid dienone is 2. The maximum Gasteiger partial charge on any atom is 0.253 e. The molecule has 0 fully saturated rings. The molecule has 3 unspecified atom stereocenters. The van der Waals surface area contributed by atoms with Crippen molar-refractivity contribution in [2.75, 3.05) is 18.6 Å². The number of methoxy groups -OCH3 is 1. The molecule has 0 spiro atoms. The van der Waals surface area contributed by atoms with Crippen molar-refractivity contribution < 1.29 is 9.53 Å². The Bertz CT molecular complexity index is 708. The molecular formula is C22H32N2O2. The lowest BCUT2D eigenvalue weighted by atomic mass is 9.81. The Morgan fingerprint density at radius 2 is 1.88 bits per heavy atom. The van der Waals surface area contributed by atoms with Gasteiger partial charge in [0.15, 0.2) is 5.88 Å². The number of hydrogen-bond donors (Lipinski definition) is 0. The van der Waals surface area contributed by atoms with E-state index in [1.54, 1.807) is 7.11 Å². The summed E-state index contributed by atoms with van der Waals surface area (Å²) in [7, 11) is 1.71. The van der Waals surface area contributed by atoms with Crippen LogP contribution in [0.2, 0.25) is 0 Å². The van der Waals surface area contributed by atoms with E-state index in [9.17, 15) is 4.79 Å². The third kappa shape index (κ3) is 3.37. The second-order valence-electron chi connectivity index (χ2n) is 6.87. The van der Waals surface area contributed by atoms with E-state index in [1.165, 1.54) is 5.56 Å². The third-order valence-corrected chi connectivity index (χ3v) is 5.59. The number of ether oxygens (including phenoxy) is 1. The highest BCUT2D eigenvalue weighted by Crippen LogP contribution is 2.45. The number of anilines is 1. The molecule has 26 heavy (non-hydrogen) atoms. The van der Waals surface area contributed by atoms with Gasteiger partial charge in [-0.25, -0.2) is 0 Å². The Morgan fingerprint density at radius 1 is 1.23 bits per heavy atom. The van der Waals surface area contributed by atoms with Crippen molar-refractivity contribution in [3.8, 4) is 0 Å². The summed E-state index contributed by atoms with van der Waals surface area (Å²) in [6.45, 7) is 13.1. The average Bonchev–Trinajstić information content (AvgIpc) is 2.67. The first kappa shape index (κ1) is 20.1. The van der Waals surface area contributed by atoms with Gasteiger partial charge in [0.05, 0.1) is 13.2 Å². The molecule has 1 aliphatic rings. The molecule has 0 saturated heterocycles. The Kier molecular flexibility index (Phi) is 6.52. The number of para-hydroxylation sites is 1. The number of carbonyl (C=O) groups is 1. The van der Waals surface area contributed by atoms with Crippen LogP contribution in [0.1, 0.15) is 53.1 Å². The predicted octanol–water partition coefficient (Wildman–Crippen LogP) is 4.89. The number of amides is 1. The van der Waals surface area contributed by atoms with E-state index in [1.807, 2.05) is 43.9 Å². The van der Waals surface area contributed by atoms with Gasteiger partial charge in [-0.2, -0.15) is 0 Å². The number of carbonyl (C=O) groups excluding carboxylic acids is 1. The first-order chi connectivity index (χ1) is 12.4. The van der Waals surface area contributed by atoms with Crippen molar-refractivity contribution in [2.24, 2.45) is 5.92 Å². The highest BCUT2D eigenvalue weighted by molar-refractivity contribution is 6.06. The lowest BCUT2D eigenvalue weighted by Crippen LogP contribution is -2.51. The van der Waals surface area contributed by atoms with E-state index in [-0.39, 0.29) is 23.9 Å². The van der Waals surface area contributed by atoms with Crippen molar-refractivity contribution >= 4 is 11.6 Å². The molecule has 2 rings (SSSR count). The van der Waals surface area contributed by atoms with Gasteiger partial charge in [0.1, 0.15) is 0 Å². The van der Waals surface area contributed by atoms with E-state index in [0.29, 0.717) is 0 Å². The molecule has 0 aromatic heterocycles. The molecule has 1 aliphatic heterocycles. The SMILES string of the molecule is CC=C(C)C(=O)N1c2ccccc2C(N(CC)C(=CC)OC)C(C)C1C. The third-order valence-electron chi connectivity index (χ3n) is 5.59. The van der Waals surface area contributed by atoms with Crippen LogP contribution in [0.15, 0.2) is 47.9 Å². The number of fused-ring (bicyclic) bond motifs is 1. The van der Waals surface area contributed by atoms with Crippen LogP contribution in [-0.4, -0.2) is 30.5 Å². The molecule has 0 aliphatic carbocycles. The van der Waals surface area contributed by atoms with Gasteiger partial charge in [-0.15, -0.1) is 0 Å². The first-order valence-corrected chi connectivity index (χ1v) is 9.45. The molecule has 0 radical (unpaired) electrons. The second-order valence-corrected chi connectivity index (χ2v) is 6.87. The summed E-state index contributed by atoms with van der Waals surface area (Å²) >= 11 is 0. The molecular weight excluding hydrogens is 324 g/mol. The Balaban J connectivity index is 2.62. The van der Waals surface area contributed by atoms with E-state index in [0.717, 1.165) is 23.7 Å². The number of nitrogens with zero attached hydrogens (tertiary/aromatic N) is 2. The van der Waals surface area contributed by atoms with Crippen molar-refractivity contribution in [1.29, 1.82) is 0 Å². The first-order valence-electron chi connectivity index (χ1n) is 9.45. The van der Waals surface area contributed by atoms with Crippen LogP contribution < -0.4 is 4.90 Å². The topological polar surface area (TPSA) is 32.8 Å². The maximum atomic E-state index is 13.0. The second kappa shape index (κ2) is 8.43. The maximum absolute atomic E-state index is 13.0. The van der Waals surface area contributed by atoms with Crippen molar-refractivity contribution in [2.45, 2.75) is 53.6 Å². The van der Waals surface area contributed by atoms with Gasteiger partial charge in [-0.05, 0) is 52.3 Å². The molecule has 1 aromatic carbocycles. The average molecular weight is 357 g/mol. The van der Waals surface area contributed by atoms with E-state index in [4.69, 9.17) is 4.74 Å². The summed E-state index contributed by atoms with van der Waals surface area (Å²) in [6, 6.07) is 8.50. The molecule has 1 heterocycles. The molecule has 0 saturated carbocycles. The van der Waals surface area contributed by atoms with Crippen LogP contribution in [0.4, 0.5) is 5.69 Å². The molecule has 0 bridgehead atoms. The molecule has 0 N–H and O–H groups in total. The largest absolute Gasteiger partial charge is 0.483 e. The van der Waals surface area contributed by atoms with Gasteiger partial charge in [-0.1, -0.05) is 31.2 Å². The van der Waals surface area contributed by atoms with Crippen LogP contribution in [0.25, 0.3) is 0 Å². The standard InChI is InChI=1S/C22H32N2O2/c1-8-15(4)22(25)24-17(6)16(5)21(18-13-11-12-14-19(18)24)23(10-3)20(9-2)26-7/h8-9,11-14,16-17,21H,10H2,1-7H3. The zero-order chi connectivity index (χ0) is 19.4. The highest BCUT2D eigenvalue weighted by atomic mass is 16.5. The van der Waals surface area contributed by atoms with Gasteiger partial charge in [0, 0.05) is 29.8 Å². The summed E-state index contributed by atoms with van der Waals surface area (Å²) in [6.07, 6.45) is 3.89. The summed E-state index contributed by atoms with van der Waals surface area (Å²) in [4.78, 5) is 17.3. The minimum atomic E-state index is 0.0822. The van der Waals surface area contributed by atoms with Crippen LogP contribution in [0.5, 0.6) is 0 Å². The van der Waals surface area contributed by atoms with E-state index in [2.05, 4.69) is 43.9 Å². The van der Waals surface area contributed by atoms with E-state index < -0.39 is 0 Å². The molecule has 3 atom stereocenters. The Hall–Kier alpha value is -2.23. The molecule has 4 nitrogen and oxygen atoms in total. The predicted molar refractivity (Wildman–Crippen MR) is 108 cm³/mol. The van der Waals surface area contributed by atoms with Gasteiger partial charge in [-0.3, -0.25) is 4.79 Å². The highest BCUT2D eigenvalue weighted by Gasteiger charge is 2.42. The minimum Gasteiger partial charge on any atom is -0.483 e. The van der Waals surface area contributed by atoms with Crippen LogP contribution in [0, 0.1) is 5.92 Å². The molecule has 4 heteroatoms. The van der Waals surface area contributed by atoms with Crippen molar-refractivity contribution in [3.63, 3.8) is 0 Å². The normalized spacial score (nSPS) is 23.5.